The van der Waals surface area contributed by atoms with E-state index in [4.69, 9.17) is 0 Å². The Bertz CT molecular complexity index is 707. The molecule has 3 aromatic rings. The number of benzene rings is 2. The smallest absolute Gasteiger partial charge is 0.123 e. The molecule has 0 bridgehead atoms. The van der Waals surface area contributed by atoms with Crippen LogP contribution in [-0.2, 0) is 13.1 Å². The lowest BCUT2D eigenvalue weighted by Gasteiger charge is -2.04. The summed E-state index contributed by atoms with van der Waals surface area (Å²) >= 11 is 0. The highest BCUT2D eigenvalue weighted by atomic mass is 19.1. The van der Waals surface area contributed by atoms with Gasteiger partial charge < -0.3 is 5.32 Å². The molecule has 1 heterocycles. The van der Waals surface area contributed by atoms with Crippen LogP contribution in [0, 0.1) is 5.82 Å². The second-order valence-electron chi connectivity index (χ2n) is 4.90. The molecule has 0 amide bonds. The Morgan fingerprint density at radius 1 is 1.00 bits per heavy atom. The van der Waals surface area contributed by atoms with E-state index in [9.17, 15) is 4.39 Å². The van der Waals surface area contributed by atoms with Gasteiger partial charge in [0.2, 0.25) is 0 Å². The van der Waals surface area contributed by atoms with Gasteiger partial charge in [-0.15, -0.1) is 0 Å². The summed E-state index contributed by atoms with van der Waals surface area (Å²) in [4.78, 5) is 0. The summed E-state index contributed by atoms with van der Waals surface area (Å²) in [7, 11) is 0. The quantitative estimate of drug-likeness (QED) is 0.773. The maximum atomic E-state index is 13.1. The summed E-state index contributed by atoms with van der Waals surface area (Å²) in [5.74, 6) is -0.214. The van der Waals surface area contributed by atoms with Gasteiger partial charge >= 0.3 is 0 Å². The number of nitrogens with zero attached hydrogens (tertiary/aromatic N) is 2. The van der Waals surface area contributed by atoms with Crippen LogP contribution in [0.15, 0.2) is 67.0 Å². The molecule has 0 atom stereocenters. The van der Waals surface area contributed by atoms with Crippen LogP contribution in [0.5, 0.6) is 0 Å². The van der Waals surface area contributed by atoms with Crippen LogP contribution < -0.4 is 5.32 Å². The topological polar surface area (TPSA) is 29.9 Å². The Kier molecular flexibility index (Phi) is 3.96. The molecular weight excluding hydrogens is 265 g/mol. The highest BCUT2D eigenvalue weighted by Crippen LogP contribution is 2.10. The fraction of sp³-hybridized carbons (Fsp3) is 0.118. The minimum atomic E-state index is -0.214. The summed E-state index contributed by atoms with van der Waals surface area (Å²) < 4.78 is 15.0. The second kappa shape index (κ2) is 6.22. The lowest BCUT2D eigenvalue weighted by molar-refractivity contribution is 0.626. The standard InChI is InChI=1S/C17H16FN3/c18-16-8-4-7-15(9-16)10-19-17-11-20-21(13-17)12-14-5-2-1-3-6-14/h1-9,11,13,19H,10,12H2. The van der Waals surface area contributed by atoms with E-state index in [1.54, 1.807) is 12.3 Å². The summed E-state index contributed by atoms with van der Waals surface area (Å²) in [6.45, 7) is 1.32. The maximum Gasteiger partial charge on any atom is 0.123 e. The number of anilines is 1. The van der Waals surface area contributed by atoms with Gasteiger partial charge in [-0.1, -0.05) is 42.5 Å². The van der Waals surface area contributed by atoms with Crippen LogP contribution >= 0.6 is 0 Å². The molecule has 2 aromatic carbocycles. The van der Waals surface area contributed by atoms with Crippen molar-refractivity contribution in [3.05, 3.63) is 83.9 Å². The molecular formula is C17H16FN3. The molecule has 3 rings (SSSR count). The highest BCUT2D eigenvalue weighted by molar-refractivity contribution is 5.39. The minimum Gasteiger partial charge on any atom is -0.378 e. The van der Waals surface area contributed by atoms with Crippen molar-refractivity contribution in [2.24, 2.45) is 0 Å². The van der Waals surface area contributed by atoms with Crippen LogP contribution in [0.25, 0.3) is 0 Å². The monoisotopic (exact) mass is 281 g/mol. The first-order valence-corrected chi connectivity index (χ1v) is 6.84. The van der Waals surface area contributed by atoms with Gasteiger partial charge in [-0.3, -0.25) is 4.68 Å². The highest BCUT2D eigenvalue weighted by Gasteiger charge is 2.00. The Morgan fingerprint density at radius 3 is 2.62 bits per heavy atom. The van der Waals surface area contributed by atoms with E-state index in [1.165, 1.54) is 17.7 Å². The second-order valence-corrected chi connectivity index (χ2v) is 4.90. The lowest BCUT2D eigenvalue weighted by atomic mass is 10.2. The molecule has 0 saturated carbocycles. The molecule has 0 aliphatic carbocycles. The van der Waals surface area contributed by atoms with Crippen molar-refractivity contribution >= 4 is 5.69 Å². The molecule has 1 N–H and O–H groups in total. The third-order valence-electron chi connectivity index (χ3n) is 3.21. The van der Waals surface area contributed by atoms with Gasteiger partial charge in [0.25, 0.3) is 0 Å². The van der Waals surface area contributed by atoms with E-state index in [2.05, 4.69) is 22.5 Å². The summed E-state index contributed by atoms with van der Waals surface area (Å²) in [5, 5.41) is 7.57. The molecule has 0 aliphatic rings. The zero-order valence-corrected chi connectivity index (χ0v) is 11.5. The molecule has 3 nitrogen and oxygen atoms in total. The Hall–Kier alpha value is -2.62. The van der Waals surface area contributed by atoms with Crippen molar-refractivity contribution < 1.29 is 4.39 Å². The van der Waals surface area contributed by atoms with Crippen molar-refractivity contribution in [3.8, 4) is 0 Å². The van der Waals surface area contributed by atoms with Gasteiger partial charge in [0.15, 0.2) is 0 Å². The average molecular weight is 281 g/mol. The van der Waals surface area contributed by atoms with Gasteiger partial charge in [0.1, 0.15) is 5.82 Å². The van der Waals surface area contributed by atoms with Crippen LogP contribution in [0.4, 0.5) is 10.1 Å². The number of nitrogens with one attached hydrogen (secondary N) is 1. The fourth-order valence-electron chi connectivity index (χ4n) is 2.16. The molecule has 0 unspecified atom stereocenters. The lowest BCUT2D eigenvalue weighted by Crippen LogP contribution is -2.00. The summed E-state index contributed by atoms with van der Waals surface area (Å²) in [6.07, 6.45) is 3.73. The summed E-state index contributed by atoms with van der Waals surface area (Å²) in [6, 6.07) is 16.8. The zero-order chi connectivity index (χ0) is 14.5. The van der Waals surface area contributed by atoms with Crippen molar-refractivity contribution in [2.45, 2.75) is 13.1 Å². The molecule has 1 aromatic heterocycles. The molecule has 21 heavy (non-hydrogen) atoms. The zero-order valence-electron chi connectivity index (χ0n) is 11.5. The maximum absolute atomic E-state index is 13.1. The van der Waals surface area contributed by atoms with Gasteiger partial charge in [-0.05, 0) is 23.3 Å². The normalized spacial score (nSPS) is 10.5. The predicted molar refractivity (Wildman–Crippen MR) is 81.5 cm³/mol. The van der Waals surface area contributed by atoms with Crippen LogP contribution in [0.2, 0.25) is 0 Å². The van der Waals surface area contributed by atoms with E-state index in [0.717, 1.165) is 17.8 Å². The number of rotatable bonds is 5. The van der Waals surface area contributed by atoms with Crippen LogP contribution in [0.3, 0.4) is 0 Å². The van der Waals surface area contributed by atoms with E-state index >= 15 is 0 Å². The fourth-order valence-corrected chi connectivity index (χ4v) is 2.16. The Morgan fingerprint density at radius 2 is 1.81 bits per heavy atom. The van der Waals surface area contributed by atoms with E-state index in [0.29, 0.717) is 6.54 Å². The Balaban J connectivity index is 1.60. The first-order valence-electron chi connectivity index (χ1n) is 6.84. The first-order chi connectivity index (χ1) is 10.3. The average Bonchev–Trinajstić information content (AvgIpc) is 2.94. The van der Waals surface area contributed by atoms with Gasteiger partial charge in [0, 0.05) is 12.7 Å². The van der Waals surface area contributed by atoms with Crippen molar-refractivity contribution in [3.63, 3.8) is 0 Å². The van der Waals surface area contributed by atoms with Gasteiger partial charge in [0.05, 0.1) is 18.4 Å². The third-order valence-corrected chi connectivity index (χ3v) is 3.21. The van der Waals surface area contributed by atoms with Crippen LogP contribution in [0.1, 0.15) is 11.1 Å². The minimum absolute atomic E-state index is 0.214. The number of hydrogen-bond donors (Lipinski definition) is 1. The molecule has 0 fully saturated rings. The Labute approximate surface area is 123 Å². The number of halogens is 1. The summed E-state index contributed by atoms with van der Waals surface area (Å²) in [5.41, 5.74) is 3.04. The van der Waals surface area contributed by atoms with Crippen molar-refractivity contribution in [1.82, 2.24) is 9.78 Å². The SMILES string of the molecule is Fc1cccc(CNc2cnn(Cc3ccccc3)c2)c1. The molecule has 0 spiro atoms. The van der Waals surface area contributed by atoms with E-state index < -0.39 is 0 Å². The third kappa shape index (κ3) is 3.69. The van der Waals surface area contributed by atoms with Gasteiger partial charge in [-0.25, -0.2) is 4.39 Å². The van der Waals surface area contributed by atoms with Crippen molar-refractivity contribution in [1.29, 1.82) is 0 Å². The molecule has 106 valence electrons. The van der Waals surface area contributed by atoms with Crippen molar-refractivity contribution in [2.75, 3.05) is 5.32 Å². The molecule has 4 heteroatoms. The van der Waals surface area contributed by atoms with Gasteiger partial charge in [-0.2, -0.15) is 5.10 Å². The number of aromatic nitrogens is 2. The molecule has 0 saturated heterocycles. The van der Waals surface area contributed by atoms with E-state index in [1.807, 2.05) is 35.1 Å². The first kappa shape index (κ1) is 13.4. The van der Waals surface area contributed by atoms with Crippen LogP contribution in [-0.4, -0.2) is 9.78 Å². The number of hydrogen-bond acceptors (Lipinski definition) is 2. The van der Waals surface area contributed by atoms with E-state index in [-0.39, 0.29) is 5.82 Å². The molecule has 0 radical (unpaired) electrons. The predicted octanol–water partition coefficient (Wildman–Crippen LogP) is 3.68. The largest absolute Gasteiger partial charge is 0.378 e. The molecule has 0 aliphatic heterocycles.